The molecular weight excluding hydrogens is 295 g/mol. The van der Waals surface area contributed by atoms with Crippen molar-refractivity contribution in [3.63, 3.8) is 0 Å². The molecule has 0 fully saturated rings. The first-order chi connectivity index (χ1) is 9.26. The van der Waals surface area contributed by atoms with Crippen molar-refractivity contribution in [2.24, 2.45) is 5.73 Å². The molecule has 0 aliphatic rings. The van der Waals surface area contributed by atoms with Gasteiger partial charge in [-0.15, -0.1) is 11.3 Å². The van der Waals surface area contributed by atoms with Crippen LogP contribution in [0.15, 0.2) is 5.51 Å². The summed E-state index contributed by atoms with van der Waals surface area (Å²) in [7, 11) is 0. The van der Waals surface area contributed by atoms with Crippen molar-refractivity contribution in [2.45, 2.75) is 26.1 Å². The number of carbonyl (C=O) groups is 1. The van der Waals surface area contributed by atoms with Crippen molar-refractivity contribution < 1.29 is 18.0 Å². The molecule has 1 amide bonds. The predicted molar refractivity (Wildman–Crippen MR) is 64.8 cm³/mol. The van der Waals surface area contributed by atoms with Crippen molar-refractivity contribution in [1.29, 1.82) is 0 Å². The lowest BCUT2D eigenvalue weighted by Gasteiger charge is -2.08. The van der Waals surface area contributed by atoms with Gasteiger partial charge in [0.1, 0.15) is 6.54 Å². The van der Waals surface area contributed by atoms with Gasteiger partial charge in [0.05, 0.1) is 22.5 Å². The van der Waals surface area contributed by atoms with Crippen molar-refractivity contribution in [3.05, 3.63) is 17.0 Å². The van der Waals surface area contributed by atoms with E-state index in [9.17, 15) is 18.0 Å². The minimum atomic E-state index is -4.44. The lowest BCUT2D eigenvalue weighted by Crippen LogP contribution is -2.20. The first-order valence-corrected chi connectivity index (χ1v) is 6.33. The number of amides is 1. The van der Waals surface area contributed by atoms with E-state index in [1.165, 1.54) is 5.51 Å². The smallest absolute Gasteiger partial charge is 0.369 e. The van der Waals surface area contributed by atoms with Gasteiger partial charge in [0.25, 0.3) is 0 Å². The zero-order chi connectivity index (χ0) is 14.9. The fourth-order valence-electron chi connectivity index (χ4n) is 1.58. The molecule has 0 aliphatic heterocycles. The fraction of sp³-hybridized carbons (Fsp3) is 0.400. The zero-order valence-electron chi connectivity index (χ0n) is 10.3. The summed E-state index contributed by atoms with van der Waals surface area (Å²) in [6, 6.07) is 0. The van der Waals surface area contributed by atoms with E-state index >= 15 is 0 Å². The lowest BCUT2D eigenvalue weighted by molar-refractivity contribution is -0.142. The van der Waals surface area contributed by atoms with Crippen LogP contribution in [0.2, 0.25) is 0 Å². The van der Waals surface area contributed by atoms with Crippen LogP contribution in [0, 0.1) is 6.92 Å². The van der Waals surface area contributed by atoms with Crippen LogP contribution in [0.4, 0.5) is 13.2 Å². The molecule has 0 saturated carbocycles. The number of nitrogens with zero attached hydrogens (tertiary/aromatic N) is 4. The Morgan fingerprint density at radius 2 is 2.20 bits per heavy atom. The van der Waals surface area contributed by atoms with Crippen LogP contribution >= 0.6 is 11.3 Å². The topological polar surface area (TPSA) is 86.7 Å². The number of rotatable bonds is 4. The highest BCUT2D eigenvalue weighted by Gasteiger charge is 2.31. The minimum Gasteiger partial charge on any atom is -0.369 e. The Labute approximate surface area is 115 Å². The van der Waals surface area contributed by atoms with Gasteiger partial charge in [0.2, 0.25) is 5.91 Å². The minimum absolute atomic E-state index is 0.0375. The number of hydrogen-bond acceptors (Lipinski definition) is 5. The molecule has 0 aromatic carbocycles. The Hall–Kier alpha value is -1.97. The average Bonchev–Trinajstić information content (AvgIpc) is 2.82. The third-order valence-corrected chi connectivity index (χ3v) is 3.25. The molecule has 0 bridgehead atoms. The first-order valence-electron chi connectivity index (χ1n) is 5.45. The van der Waals surface area contributed by atoms with Gasteiger partial charge in [0, 0.05) is 0 Å². The Morgan fingerprint density at radius 3 is 2.70 bits per heavy atom. The average molecular weight is 305 g/mol. The van der Waals surface area contributed by atoms with Crippen LogP contribution in [-0.4, -0.2) is 31.8 Å². The fourth-order valence-corrected chi connectivity index (χ4v) is 2.38. The van der Waals surface area contributed by atoms with E-state index in [1.807, 2.05) is 0 Å². The van der Waals surface area contributed by atoms with Crippen LogP contribution in [0.5, 0.6) is 0 Å². The molecule has 20 heavy (non-hydrogen) atoms. The number of carbonyl (C=O) groups excluding carboxylic acids is 1. The summed E-state index contributed by atoms with van der Waals surface area (Å²) in [4.78, 5) is 19.2. The van der Waals surface area contributed by atoms with Gasteiger partial charge in [-0.1, -0.05) is 0 Å². The number of aryl methyl sites for hydroxylation is 1. The number of halogens is 3. The number of nitrogens with two attached hydrogens (primary N) is 1. The van der Waals surface area contributed by atoms with Crippen molar-refractivity contribution in [2.75, 3.05) is 0 Å². The molecule has 0 atom stereocenters. The summed E-state index contributed by atoms with van der Waals surface area (Å²) >= 11 is 1.16. The number of thiazole rings is 1. The standard InChI is InChI=1S/C10H10F3N5OS/c1-5-8(20-4-15-5)9-16-7(2-6(14)19)17-18(9)3-10(11,12)13/h4H,2-3H2,1H3,(H2,14,19). The van der Waals surface area contributed by atoms with Crippen LogP contribution in [0.25, 0.3) is 10.7 Å². The summed E-state index contributed by atoms with van der Waals surface area (Å²) < 4.78 is 38.3. The van der Waals surface area contributed by atoms with E-state index in [4.69, 9.17) is 5.73 Å². The Balaban J connectivity index is 2.45. The highest BCUT2D eigenvalue weighted by molar-refractivity contribution is 7.13. The van der Waals surface area contributed by atoms with E-state index in [-0.39, 0.29) is 18.1 Å². The molecule has 0 saturated heterocycles. The first kappa shape index (κ1) is 14.4. The van der Waals surface area contributed by atoms with Gasteiger partial charge in [-0.2, -0.15) is 18.3 Å². The molecule has 2 N–H and O–H groups in total. The highest BCUT2D eigenvalue weighted by atomic mass is 32.1. The normalized spacial score (nSPS) is 11.8. The maximum atomic E-state index is 12.5. The molecule has 2 rings (SSSR count). The summed E-state index contributed by atoms with van der Waals surface area (Å²) in [6.07, 6.45) is -4.75. The number of hydrogen-bond donors (Lipinski definition) is 1. The van der Waals surface area contributed by atoms with Crippen molar-refractivity contribution >= 4 is 17.2 Å². The molecule has 2 heterocycles. The van der Waals surface area contributed by atoms with E-state index in [0.717, 1.165) is 16.0 Å². The third-order valence-electron chi connectivity index (χ3n) is 2.33. The van der Waals surface area contributed by atoms with Crippen LogP contribution in [0.1, 0.15) is 11.5 Å². The zero-order valence-corrected chi connectivity index (χ0v) is 11.1. The molecule has 6 nitrogen and oxygen atoms in total. The largest absolute Gasteiger partial charge is 0.408 e. The number of alkyl halides is 3. The van der Waals surface area contributed by atoms with Gasteiger partial charge in [0.15, 0.2) is 11.6 Å². The maximum absolute atomic E-state index is 12.5. The second-order valence-electron chi connectivity index (χ2n) is 4.03. The molecule has 0 radical (unpaired) electrons. The summed E-state index contributed by atoms with van der Waals surface area (Å²) in [5.41, 5.74) is 7.06. The monoisotopic (exact) mass is 305 g/mol. The quantitative estimate of drug-likeness (QED) is 0.922. The van der Waals surface area contributed by atoms with E-state index in [0.29, 0.717) is 10.6 Å². The molecule has 0 spiro atoms. The predicted octanol–water partition coefficient (Wildman–Crippen LogP) is 1.30. The van der Waals surface area contributed by atoms with Gasteiger partial charge >= 0.3 is 6.18 Å². The molecule has 0 unspecified atom stereocenters. The molecule has 2 aromatic rings. The summed E-state index contributed by atoms with van der Waals surface area (Å²) in [5.74, 6) is -0.704. The van der Waals surface area contributed by atoms with Crippen LogP contribution in [-0.2, 0) is 17.8 Å². The van der Waals surface area contributed by atoms with Gasteiger partial charge in [-0.25, -0.2) is 14.6 Å². The molecular formula is C10H10F3N5OS. The van der Waals surface area contributed by atoms with Gasteiger partial charge in [-0.3, -0.25) is 4.79 Å². The number of aromatic nitrogens is 4. The molecule has 2 aromatic heterocycles. The van der Waals surface area contributed by atoms with Crippen LogP contribution < -0.4 is 5.73 Å². The SMILES string of the molecule is Cc1ncsc1-c1nc(CC(N)=O)nn1CC(F)(F)F. The second kappa shape index (κ2) is 5.19. The Morgan fingerprint density at radius 1 is 1.50 bits per heavy atom. The molecule has 0 aliphatic carbocycles. The lowest BCUT2D eigenvalue weighted by atomic mass is 10.3. The summed E-state index contributed by atoms with van der Waals surface area (Å²) in [6.45, 7) is 0.373. The van der Waals surface area contributed by atoms with E-state index < -0.39 is 18.6 Å². The molecule has 108 valence electrons. The highest BCUT2D eigenvalue weighted by Crippen LogP contribution is 2.28. The van der Waals surface area contributed by atoms with E-state index in [1.54, 1.807) is 6.92 Å². The van der Waals surface area contributed by atoms with Gasteiger partial charge in [-0.05, 0) is 6.92 Å². The number of primary amides is 1. The van der Waals surface area contributed by atoms with Crippen molar-refractivity contribution in [3.8, 4) is 10.7 Å². The second-order valence-corrected chi connectivity index (χ2v) is 4.89. The molecule has 10 heteroatoms. The maximum Gasteiger partial charge on any atom is 0.408 e. The van der Waals surface area contributed by atoms with Crippen LogP contribution in [0.3, 0.4) is 0 Å². The van der Waals surface area contributed by atoms with Gasteiger partial charge < -0.3 is 5.73 Å². The van der Waals surface area contributed by atoms with E-state index in [2.05, 4.69) is 15.1 Å². The third kappa shape index (κ3) is 3.32. The summed E-state index contributed by atoms with van der Waals surface area (Å²) in [5, 5.41) is 3.70. The Bertz CT molecular complexity index is 633. The Kier molecular flexibility index (Phi) is 3.75. The van der Waals surface area contributed by atoms with Crippen molar-refractivity contribution in [1.82, 2.24) is 19.7 Å².